The predicted molar refractivity (Wildman–Crippen MR) is 58.1 cm³/mol. The van der Waals surface area contributed by atoms with Gasteiger partial charge in [-0.3, -0.25) is 0 Å². The lowest BCUT2D eigenvalue weighted by molar-refractivity contribution is 0.122. The molecule has 0 rings (SSSR count). The Bertz CT molecular complexity index is 124. The third-order valence-electron chi connectivity index (χ3n) is 2.88. The van der Waals surface area contributed by atoms with E-state index in [0.717, 1.165) is 6.42 Å². The molecule has 0 fully saturated rings. The summed E-state index contributed by atoms with van der Waals surface area (Å²) in [5.41, 5.74) is 0. The molecule has 2 heteroatoms. The van der Waals surface area contributed by atoms with Gasteiger partial charge in [0.2, 0.25) is 0 Å². The fourth-order valence-electron chi connectivity index (χ4n) is 1.09. The molecule has 0 amide bonds. The van der Waals surface area contributed by atoms with Crippen LogP contribution in [-0.2, 0) is 0 Å². The van der Waals surface area contributed by atoms with Crippen LogP contribution in [0.3, 0.4) is 0 Å². The van der Waals surface area contributed by atoms with E-state index in [4.69, 9.17) is 0 Å². The molecule has 0 aliphatic carbocycles. The van der Waals surface area contributed by atoms with Crippen molar-refractivity contribution in [2.75, 3.05) is 0 Å². The lowest BCUT2D eigenvalue weighted by Crippen LogP contribution is -2.49. The summed E-state index contributed by atoms with van der Waals surface area (Å²) in [6.07, 6.45) is 4.65. The molecule has 0 aliphatic heterocycles. The van der Waals surface area contributed by atoms with Gasteiger partial charge in [-0.15, -0.1) is 0 Å². The van der Waals surface area contributed by atoms with Gasteiger partial charge in [0.05, 0.1) is 13.3 Å². The molecule has 1 unspecified atom stereocenters. The molecule has 0 aromatic rings. The highest BCUT2D eigenvalue weighted by molar-refractivity contribution is 6.78. The molecule has 0 saturated heterocycles. The second-order valence-corrected chi connectivity index (χ2v) is 10.6. The zero-order valence-electron chi connectivity index (χ0n) is 9.28. The summed E-state index contributed by atoms with van der Waals surface area (Å²) in [5, 5.41) is 9.77. The molecular formula is C10H24OSi. The fraction of sp³-hybridized carbons (Fsp3) is 1.00. The van der Waals surface area contributed by atoms with Crippen LogP contribution in [0.2, 0.25) is 19.6 Å². The summed E-state index contributed by atoms with van der Waals surface area (Å²) in [7, 11) is -1.38. The molecule has 74 valence electrons. The van der Waals surface area contributed by atoms with E-state index in [0.29, 0.717) is 0 Å². The van der Waals surface area contributed by atoms with Crippen molar-refractivity contribution in [3.05, 3.63) is 0 Å². The monoisotopic (exact) mass is 188 g/mol. The average Bonchev–Trinajstić information content (AvgIpc) is 1.85. The van der Waals surface area contributed by atoms with Crippen LogP contribution in [-0.4, -0.2) is 18.4 Å². The summed E-state index contributed by atoms with van der Waals surface area (Å²) < 4.78 is 0. The molecule has 0 spiro atoms. The topological polar surface area (TPSA) is 20.2 Å². The van der Waals surface area contributed by atoms with Crippen molar-refractivity contribution in [3.8, 4) is 0 Å². The maximum absolute atomic E-state index is 10.1. The molecular weight excluding hydrogens is 164 g/mol. The SMILES string of the molecule is CCCCCC(C)(O)[Si](C)(C)C. The number of hydrogen-bond acceptors (Lipinski definition) is 1. The van der Waals surface area contributed by atoms with Crippen molar-refractivity contribution in [1.29, 1.82) is 0 Å². The minimum Gasteiger partial charge on any atom is -0.394 e. The smallest absolute Gasteiger partial charge is 0.0817 e. The van der Waals surface area contributed by atoms with Gasteiger partial charge >= 0.3 is 0 Å². The van der Waals surface area contributed by atoms with Gasteiger partial charge in [0.1, 0.15) is 0 Å². The van der Waals surface area contributed by atoms with Gasteiger partial charge in [-0.25, -0.2) is 0 Å². The van der Waals surface area contributed by atoms with E-state index in [9.17, 15) is 5.11 Å². The average molecular weight is 188 g/mol. The zero-order chi connectivity index (χ0) is 9.83. The molecule has 1 nitrogen and oxygen atoms in total. The molecule has 0 aliphatic rings. The Kier molecular flexibility index (Phi) is 4.49. The summed E-state index contributed by atoms with van der Waals surface area (Å²) in [5.74, 6) is 0. The lowest BCUT2D eigenvalue weighted by Gasteiger charge is -2.35. The predicted octanol–water partition coefficient (Wildman–Crippen LogP) is 3.20. The third-order valence-corrected chi connectivity index (χ3v) is 6.36. The van der Waals surface area contributed by atoms with Crippen LogP contribution in [0.15, 0.2) is 0 Å². The number of unbranched alkanes of at least 4 members (excludes halogenated alkanes) is 2. The van der Waals surface area contributed by atoms with Gasteiger partial charge in [0, 0.05) is 0 Å². The second-order valence-electron chi connectivity index (χ2n) is 4.98. The molecule has 12 heavy (non-hydrogen) atoms. The highest BCUT2D eigenvalue weighted by Crippen LogP contribution is 2.25. The van der Waals surface area contributed by atoms with Crippen molar-refractivity contribution in [3.63, 3.8) is 0 Å². The first-order chi connectivity index (χ1) is 5.31. The van der Waals surface area contributed by atoms with Gasteiger partial charge in [0.25, 0.3) is 0 Å². The highest BCUT2D eigenvalue weighted by Gasteiger charge is 2.36. The number of rotatable bonds is 5. The maximum Gasteiger partial charge on any atom is 0.0817 e. The highest BCUT2D eigenvalue weighted by atomic mass is 28.3. The summed E-state index contributed by atoms with van der Waals surface area (Å²) >= 11 is 0. The van der Waals surface area contributed by atoms with E-state index in [-0.39, 0.29) is 5.22 Å². The maximum atomic E-state index is 10.1. The number of aliphatic hydroxyl groups is 1. The van der Waals surface area contributed by atoms with E-state index in [1.807, 2.05) is 6.92 Å². The number of hydrogen-bond donors (Lipinski definition) is 1. The van der Waals surface area contributed by atoms with Crippen LogP contribution in [0.1, 0.15) is 39.5 Å². The Labute approximate surface area is 78.2 Å². The molecule has 0 bridgehead atoms. The van der Waals surface area contributed by atoms with Crippen LogP contribution in [0.4, 0.5) is 0 Å². The zero-order valence-corrected chi connectivity index (χ0v) is 10.3. The van der Waals surface area contributed by atoms with Gasteiger partial charge < -0.3 is 5.11 Å². The minimum absolute atomic E-state index is 0.373. The normalized spacial score (nSPS) is 17.5. The third kappa shape index (κ3) is 3.72. The van der Waals surface area contributed by atoms with E-state index in [2.05, 4.69) is 26.6 Å². The molecule has 0 saturated carbocycles. The molecule has 0 aromatic carbocycles. The first kappa shape index (κ1) is 12.2. The Morgan fingerprint density at radius 2 is 1.67 bits per heavy atom. The van der Waals surface area contributed by atoms with Crippen molar-refractivity contribution < 1.29 is 5.11 Å². The lowest BCUT2D eigenvalue weighted by atomic mass is 10.1. The first-order valence-corrected chi connectivity index (χ1v) is 8.53. The van der Waals surface area contributed by atoms with Crippen LogP contribution < -0.4 is 0 Å². The van der Waals surface area contributed by atoms with Crippen LogP contribution in [0.5, 0.6) is 0 Å². The van der Waals surface area contributed by atoms with Crippen LogP contribution in [0, 0.1) is 0 Å². The summed E-state index contributed by atoms with van der Waals surface area (Å²) in [6.45, 7) is 10.9. The molecule has 0 radical (unpaired) electrons. The standard InChI is InChI=1S/C10H24OSi/c1-6-7-8-9-10(2,11)12(3,4)5/h11H,6-9H2,1-5H3. The summed E-state index contributed by atoms with van der Waals surface area (Å²) in [6, 6.07) is 0. The van der Waals surface area contributed by atoms with E-state index < -0.39 is 8.07 Å². The van der Waals surface area contributed by atoms with Crippen LogP contribution >= 0.6 is 0 Å². The molecule has 1 N–H and O–H groups in total. The van der Waals surface area contributed by atoms with Gasteiger partial charge in [-0.05, 0) is 13.3 Å². The van der Waals surface area contributed by atoms with Crippen molar-refractivity contribution in [2.24, 2.45) is 0 Å². The fourth-order valence-corrected chi connectivity index (χ4v) is 2.02. The van der Waals surface area contributed by atoms with E-state index >= 15 is 0 Å². The van der Waals surface area contributed by atoms with Gasteiger partial charge in [-0.1, -0.05) is 45.8 Å². The van der Waals surface area contributed by atoms with E-state index in [1.54, 1.807) is 0 Å². The Morgan fingerprint density at radius 1 is 1.17 bits per heavy atom. The Hall–Kier alpha value is 0.177. The van der Waals surface area contributed by atoms with Crippen molar-refractivity contribution in [2.45, 2.75) is 64.4 Å². The minimum atomic E-state index is -1.38. The molecule has 0 aromatic heterocycles. The second kappa shape index (κ2) is 4.42. The summed E-state index contributed by atoms with van der Waals surface area (Å²) in [4.78, 5) is 0. The quantitative estimate of drug-likeness (QED) is 0.519. The van der Waals surface area contributed by atoms with Gasteiger partial charge in [0.15, 0.2) is 0 Å². The van der Waals surface area contributed by atoms with Gasteiger partial charge in [-0.2, -0.15) is 0 Å². The van der Waals surface area contributed by atoms with Crippen molar-refractivity contribution >= 4 is 8.07 Å². The Morgan fingerprint density at radius 3 is 2.00 bits per heavy atom. The molecule has 1 atom stereocenters. The molecule has 0 heterocycles. The first-order valence-electron chi connectivity index (χ1n) is 5.03. The Balaban J connectivity index is 3.88. The van der Waals surface area contributed by atoms with Crippen molar-refractivity contribution in [1.82, 2.24) is 0 Å². The van der Waals surface area contributed by atoms with Crippen LogP contribution in [0.25, 0.3) is 0 Å². The van der Waals surface area contributed by atoms with E-state index in [1.165, 1.54) is 19.3 Å². The largest absolute Gasteiger partial charge is 0.394 e.